The Morgan fingerprint density at radius 2 is 1.88 bits per heavy atom. The lowest BCUT2D eigenvalue weighted by Crippen LogP contribution is -2.18. The van der Waals surface area contributed by atoms with E-state index >= 15 is 0 Å². The van der Waals surface area contributed by atoms with E-state index < -0.39 is 4.92 Å². The van der Waals surface area contributed by atoms with Gasteiger partial charge in [0.1, 0.15) is 0 Å². The second-order valence-corrected chi connectivity index (χ2v) is 7.87. The number of rotatable bonds is 6. The minimum absolute atomic E-state index is 0.0648. The molecule has 8 nitrogen and oxygen atoms in total. The molecule has 0 bridgehead atoms. The first-order valence-corrected chi connectivity index (χ1v) is 10.6. The average molecular weight is 439 g/mol. The molecule has 0 saturated heterocycles. The van der Waals surface area contributed by atoms with Crippen molar-refractivity contribution in [1.29, 1.82) is 0 Å². The van der Waals surface area contributed by atoms with Crippen LogP contribution in [0.1, 0.15) is 16.7 Å². The van der Waals surface area contributed by atoms with Crippen LogP contribution in [0.25, 0.3) is 11.3 Å². The van der Waals surface area contributed by atoms with Crippen LogP contribution in [0.15, 0.2) is 77.8 Å². The number of nitrogens with one attached hydrogen (secondary N) is 2. The summed E-state index contributed by atoms with van der Waals surface area (Å²) in [4.78, 5) is 30.2. The summed E-state index contributed by atoms with van der Waals surface area (Å²) in [7, 11) is 0. The maximum Gasteiger partial charge on any atom is 0.270 e. The molecular formula is C25H21N5O3. The zero-order chi connectivity index (χ0) is 22.8. The van der Waals surface area contributed by atoms with Crippen LogP contribution in [0.4, 0.5) is 17.1 Å². The van der Waals surface area contributed by atoms with E-state index in [4.69, 9.17) is 0 Å². The smallest absolute Gasteiger partial charge is 0.270 e. The summed E-state index contributed by atoms with van der Waals surface area (Å²) in [5.41, 5.74) is 4.73. The van der Waals surface area contributed by atoms with Crippen LogP contribution >= 0.6 is 0 Å². The van der Waals surface area contributed by atoms with Gasteiger partial charge in [-0.05, 0) is 29.3 Å². The first-order chi connectivity index (χ1) is 16.1. The van der Waals surface area contributed by atoms with E-state index in [1.54, 1.807) is 6.07 Å². The largest absolute Gasteiger partial charge is 0.357 e. The number of carbonyl (C=O) groups is 1. The van der Waals surface area contributed by atoms with E-state index in [1.807, 2.05) is 60.9 Å². The highest BCUT2D eigenvalue weighted by atomic mass is 16.6. The number of anilines is 2. The van der Waals surface area contributed by atoms with Gasteiger partial charge in [-0.1, -0.05) is 42.5 Å². The van der Waals surface area contributed by atoms with Crippen molar-refractivity contribution in [2.45, 2.75) is 6.54 Å². The van der Waals surface area contributed by atoms with Gasteiger partial charge >= 0.3 is 0 Å². The maximum absolute atomic E-state index is 13.0. The Morgan fingerprint density at radius 1 is 1.09 bits per heavy atom. The van der Waals surface area contributed by atoms with E-state index in [0.29, 0.717) is 22.5 Å². The minimum Gasteiger partial charge on any atom is -0.357 e. The second kappa shape index (κ2) is 8.58. The molecule has 5 rings (SSSR count). The van der Waals surface area contributed by atoms with Crippen molar-refractivity contribution >= 4 is 40.6 Å². The Hall–Kier alpha value is -4.46. The predicted octanol–water partition coefficient (Wildman–Crippen LogP) is 4.37. The van der Waals surface area contributed by atoms with Gasteiger partial charge in [0.15, 0.2) is 0 Å². The standard InChI is InChI=1S/C25H21N5O3/c31-25-23(21-14-20(30(32)33)10-11-22(21)28-25)24(18-4-2-1-3-5-18)27-19-8-6-17(7-9-19)15-29-13-12-26-16-29/h1-11,14,16,27H,12-13,15H2,(H,28,31). The van der Waals surface area contributed by atoms with Gasteiger partial charge in [0.05, 0.1) is 29.1 Å². The SMILES string of the molecule is O=C1Nc2ccc([N+](=O)[O-])cc2C1=C(Nc1ccc(CN2C=NCC2)cc1)c1ccccc1. The summed E-state index contributed by atoms with van der Waals surface area (Å²) < 4.78 is 0. The minimum atomic E-state index is -0.458. The highest BCUT2D eigenvalue weighted by molar-refractivity contribution is 6.37. The highest BCUT2D eigenvalue weighted by Crippen LogP contribution is 2.39. The number of aliphatic imine (C=N–C) groups is 1. The Kier molecular flexibility index (Phi) is 5.32. The Bertz CT molecular complexity index is 1280. The summed E-state index contributed by atoms with van der Waals surface area (Å²) in [6.45, 7) is 2.54. The fraction of sp³-hybridized carbons (Fsp3) is 0.120. The van der Waals surface area contributed by atoms with E-state index in [1.165, 1.54) is 12.1 Å². The van der Waals surface area contributed by atoms with E-state index in [9.17, 15) is 14.9 Å². The lowest BCUT2D eigenvalue weighted by atomic mass is 9.99. The summed E-state index contributed by atoms with van der Waals surface area (Å²) in [6, 6.07) is 21.9. The number of carbonyl (C=O) groups excluding carboxylic acids is 1. The molecule has 2 aliphatic rings. The van der Waals surface area contributed by atoms with Gasteiger partial charge in [-0.15, -0.1) is 0 Å². The van der Waals surface area contributed by atoms with E-state index in [0.717, 1.165) is 36.4 Å². The van der Waals surface area contributed by atoms with Gasteiger partial charge in [-0.2, -0.15) is 0 Å². The Balaban J connectivity index is 1.53. The normalized spacial score (nSPS) is 15.9. The summed E-state index contributed by atoms with van der Waals surface area (Å²) in [6.07, 6.45) is 1.87. The van der Waals surface area contributed by atoms with E-state index in [2.05, 4.69) is 20.5 Å². The van der Waals surface area contributed by atoms with Crippen molar-refractivity contribution < 1.29 is 9.72 Å². The number of nitro benzene ring substituents is 1. The van der Waals surface area contributed by atoms with Crippen molar-refractivity contribution in [3.8, 4) is 0 Å². The quantitative estimate of drug-likeness (QED) is 0.337. The van der Waals surface area contributed by atoms with Crippen LogP contribution in [0.3, 0.4) is 0 Å². The zero-order valence-corrected chi connectivity index (χ0v) is 17.7. The molecule has 2 aliphatic heterocycles. The lowest BCUT2D eigenvalue weighted by molar-refractivity contribution is -0.384. The lowest BCUT2D eigenvalue weighted by Gasteiger charge is -2.16. The molecule has 0 spiro atoms. The zero-order valence-electron chi connectivity index (χ0n) is 17.7. The van der Waals surface area contributed by atoms with Crippen molar-refractivity contribution in [3.05, 3.63) is 99.6 Å². The average Bonchev–Trinajstić information content (AvgIpc) is 3.45. The van der Waals surface area contributed by atoms with E-state index in [-0.39, 0.29) is 11.6 Å². The molecule has 1 amide bonds. The third kappa shape index (κ3) is 4.18. The van der Waals surface area contributed by atoms with Crippen LogP contribution in [0.2, 0.25) is 0 Å². The molecule has 0 unspecified atom stereocenters. The maximum atomic E-state index is 13.0. The van der Waals surface area contributed by atoms with Gasteiger partial charge < -0.3 is 15.5 Å². The van der Waals surface area contributed by atoms with Crippen LogP contribution in [0, 0.1) is 10.1 Å². The molecule has 164 valence electrons. The second-order valence-electron chi connectivity index (χ2n) is 7.87. The number of hydrogen-bond donors (Lipinski definition) is 2. The molecule has 3 aromatic rings. The first-order valence-electron chi connectivity index (χ1n) is 10.6. The number of nitro groups is 1. The molecule has 3 aromatic carbocycles. The summed E-state index contributed by atoms with van der Waals surface area (Å²) in [5, 5.41) is 17.5. The van der Waals surface area contributed by atoms with Crippen molar-refractivity contribution in [1.82, 2.24) is 4.90 Å². The van der Waals surface area contributed by atoms with Crippen LogP contribution < -0.4 is 10.6 Å². The van der Waals surface area contributed by atoms with Crippen molar-refractivity contribution in [3.63, 3.8) is 0 Å². The number of non-ortho nitro benzene ring substituents is 1. The van der Waals surface area contributed by atoms with Gasteiger partial charge in [0.2, 0.25) is 0 Å². The third-order valence-electron chi connectivity index (χ3n) is 5.64. The number of fused-ring (bicyclic) bond motifs is 1. The molecule has 8 heteroatoms. The summed E-state index contributed by atoms with van der Waals surface area (Å²) >= 11 is 0. The molecule has 0 saturated carbocycles. The summed E-state index contributed by atoms with van der Waals surface area (Å²) in [5.74, 6) is -0.304. The Morgan fingerprint density at radius 3 is 2.58 bits per heavy atom. The number of hydrogen-bond acceptors (Lipinski definition) is 6. The molecule has 2 heterocycles. The molecule has 0 aromatic heterocycles. The number of nitrogens with zero attached hydrogens (tertiary/aromatic N) is 3. The molecule has 33 heavy (non-hydrogen) atoms. The van der Waals surface area contributed by atoms with Crippen LogP contribution in [-0.2, 0) is 11.3 Å². The predicted molar refractivity (Wildman–Crippen MR) is 129 cm³/mol. The topological polar surface area (TPSA) is 99.9 Å². The Labute approximate surface area is 190 Å². The fourth-order valence-electron chi connectivity index (χ4n) is 4.01. The molecule has 0 fully saturated rings. The van der Waals surface area contributed by atoms with Crippen LogP contribution in [0.5, 0.6) is 0 Å². The molecule has 0 atom stereocenters. The van der Waals surface area contributed by atoms with Crippen molar-refractivity contribution in [2.75, 3.05) is 23.7 Å². The van der Waals surface area contributed by atoms with Gasteiger partial charge in [0, 0.05) is 42.2 Å². The number of benzene rings is 3. The number of amides is 1. The van der Waals surface area contributed by atoms with Crippen molar-refractivity contribution in [2.24, 2.45) is 4.99 Å². The van der Waals surface area contributed by atoms with Gasteiger partial charge in [-0.3, -0.25) is 19.9 Å². The fourth-order valence-corrected chi connectivity index (χ4v) is 4.01. The van der Waals surface area contributed by atoms with Gasteiger partial charge in [-0.25, -0.2) is 0 Å². The molecule has 0 radical (unpaired) electrons. The monoisotopic (exact) mass is 439 g/mol. The molecular weight excluding hydrogens is 418 g/mol. The third-order valence-corrected chi connectivity index (χ3v) is 5.64. The first kappa shape index (κ1) is 20.4. The highest BCUT2D eigenvalue weighted by Gasteiger charge is 2.30. The van der Waals surface area contributed by atoms with Gasteiger partial charge in [0.25, 0.3) is 11.6 Å². The molecule has 0 aliphatic carbocycles. The van der Waals surface area contributed by atoms with Crippen LogP contribution in [-0.4, -0.2) is 35.2 Å². The molecule has 2 N–H and O–H groups in total.